The number of pyridine rings is 1. The Balaban J connectivity index is 2.04. The van der Waals surface area contributed by atoms with E-state index < -0.39 is 0 Å². The van der Waals surface area contributed by atoms with Gasteiger partial charge in [-0.15, -0.1) is 0 Å². The second-order valence-electron chi connectivity index (χ2n) is 5.83. The van der Waals surface area contributed by atoms with E-state index in [1.807, 2.05) is 12.3 Å². The molecule has 0 amide bonds. The molecule has 5 rings (SSSR count). The van der Waals surface area contributed by atoms with Crippen LogP contribution in [0.2, 0.25) is 0 Å². The predicted molar refractivity (Wildman–Crippen MR) is 101 cm³/mol. The van der Waals surface area contributed by atoms with Crippen molar-refractivity contribution < 1.29 is 5.11 Å². The molecule has 0 saturated carbocycles. The van der Waals surface area contributed by atoms with Gasteiger partial charge in [0.25, 0.3) is 5.56 Å². The molecule has 0 aliphatic heterocycles. The van der Waals surface area contributed by atoms with E-state index in [2.05, 4.69) is 19.9 Å². The van der Waals surface area contributed by atoms with Gasteiger partial charge < -0.3 is 0 Å². The van der Waals surface area contributed by atoms with Gasteiger partial charge in [0, 0.05) is 23.8 Å². The first-order valence-electron chi connectivity index (χ1n) is 8.04. The second kappa shape index (κ2) is 5.78. The first-order chi connectivity index (χ1) is 13.2. The van der Waals surface area contributed by atoms with E-state index in [1.165, 1.54) is 34.6 Å². The zero-order valence-electron chi connectivity index (χ0n) is 14.0. The number of nitrogens with zero attached hydrogens (tertiary/aromatic N) is 6. The van der Waals surface area contributed by atoms with Gasteiger partial charge in [-0.25, -0.2) is 24.6 Å². The molecule has 0 fully saturated rings. The second-order valence-corrected chi connectivity index (χ2v) is 6.60. The number of hydrogen-bond acceptors (Lipinski definition) is 6. The van der Waals surface area contributed by atoms with Crippen LogP contribution in [0.3, 0.4) is 0 Å². The Morgan fingerprint density at radius 2 is 1.93 bits per heavy atom. The maximum Gasteiger partial charge on any atom is 0.284 e. The Hall–Kier alpha value is -3.46. The normalized spacial score (nSPS) is 11.6. The van der Waals surface area contributed by atoms with Gasteiger partial charge in [0.05, 0.1) is 5.52 Å². The van der Waals surface area contributed by atoms with Crippen LogP contribution in [0.4, 0.5) is 0 Å². The van der Waals surface area contributed by atoms with Crippen LogP contribution in [0.1, 0.15) is 0 Å². The van der Waals surface area contributed by atoms with E-state index in [9.17, 15) is 9.90 Å². The van der Waals surface area contributed by atoms with Crippen LogP contribution in [0.25, 0.3) is 33.4 Å². The monoisotopic (exact) mass is 375 g/mol. The molecule has 4 aromatic heterocycles. The molecule has 0 spiro atoms. The number of aromatic nitrogens is 6. The molecule has 4 heterocycles. The quantitative estimate of drug-likeness (QED) is 0.348. The topological polar surface area (TPSA) is 97.9 Å². The zero-order chi connectivity index (χ0) is 18.5. The summed E-state index contributed by atoms with van der Waals surface area (Å²) in [5.41, 5.74) is 0.973. The van der Waals surface area contributed by atoms with Gasteiger partial charge in [-0.1, -0.05) is 17.8 Å². The van der Waals surface area contributed by atoms with Crippen molar-refractivity contribution >= 4 is 39.3 Å². The van der Waals surface area contributed by atoms with Gasteiger partial charge >= 0.3 is 0 Å². The Kier molecular flexibility index (Phi) is 3.37. The number of hydrogen-bond donors (Lipinski definition) is 0. The van der Waals surface area contributed by atoms with Gasteiger partial charge in [0.1, 0.15) is 5.39 Å². The Labute approximate surface area is 156 Å². The maximum atomic E-state index is 13.2. The highest BCUT2D eigenvalue weighted by Gasteiger charge is 2.19. The van der Waals surface area contributed by atoms with Crippen LogP contribution >= 0.6 is 11.8 Å². The highest BCUT2D eigenvalue weighted by atomic mass is 32.2. The van der Waals surface area contributed by atoms with Gasteiger partial charge in [-0.2, -0.15) is 4.52 Å². The standard InChI is InChI=1S/C18H11N6O2S/c1-27-18-20-9-12-15(22-18)21-16-11-6-5-10(25)8-13(11)23(24(16)17(12)26)14-4-2-3-7-19-14/h2-9H,1H3. The lowest BCUT2D eigenvalue weighted by atomic mass is 10.2. The average molecular weight is 375 g/mol. The van der Waals surface area contributed by atoms with Crippen molar-refractivity contribution in [3.05, 3.63) is 59.1 Å². The molecule has 8 nitrogen and oxygen atoms in total. The fourth-order valence-electron chi connectivity index (χ4n) is 3.10. The summed E-state index contributed by atoms with van der Waals surface area (Å²) >= 11 is 1.37. The fourth-order valence-corrected chi connectivity index (χ4v) is 3.43. The molecule has 0 aliphatic rings. The molecule has 131 valence electrons. The zero-order valence-corrected chi connectivity index (χ0v) is 14.8. The van der Waals surface area contributed by atoms with Crippen LogP contribution in [-0.4, -0.2) is 35.4 Å². The molecule has 9 heteroatoms. The molecule has 1 radical (unpaired) electrons. The van der Waals surface area contributed by atoms with E-state index >= 15 is 0 Å². The third kappa shape index (κ3) is 2.28. The molecule has 0 unspecified atom stereocenters. The summed E-state index contributed by atoms with van der Waals surface area (Å²) in [5.74, 6) is 0.345. The highest BCUT2D eigenvalue weighted by molar-refractivity contribution is 7.98. The first kappa shape index (κ1) is 15.8. The summed E-state index contributed by atoms with van der Waals surface area (Å²) in [7, 11) is 0. The van der Waals surface area contributed by atoms with Gasteiger partial charge in [0.15, 0.2) is 28.0 Å². The Morgan fingerprint density at radius 3 is 2.70 bits per heavy atom. The molecule has 0 atom stereocenters. The van der Waals surface area contributed by atoms with Gasteiger partial charge in [0.2, 0.25) is 0 Å². The average Bonchev–Trinajstić information content (AvgIpc) is 3.02. The minimum atomic E-state index is -0.322. The summed E-state index contributed by atoms with van der Waals surface area (Å²) in [6.45, 7) is 0. The van der Waals surface area contributed by atoms with Crippen molar-refractivity contribution in [3.8, 4) is 11.6 Å². The Morgan fingerprint density at radius 1 is 1.04 bits per heavy atom. The predicted octanol–water partition coefficient (Wildman–Crippen LogP) is 2.84. The lowest BCUT2D eigenvalue weighted by Crippen LogP contribution is -2.22. The van der Waals surface area contributed by atoms with E-state index in [0.29, 0.717) is 38.6 Å². The molecule has 1 aromatic carbocycles. The fraction of sp³-hybridized carbons (Fsp3) is 0.0556. The number of fused-ring (bicyclic) bond motifs is 4. The summed E-state index contributed by atoms with van der Waals surface area (Å²) in [6.07, 6.45) is 4.96. The van der Waals surface area contributed by atoms with Crippen molar-refractivity contribution in [2.24, 2.45) is 0 Å². The highest BCUT2D eigenvalue weighted by Crippen LogP contribution is 2.27. The number of rotatable bonds is 2. The minimum absolute atomic E-state index is 0.162. The van der Waals surface area contributed by atoms with Gasteiger partial charge in [-0.05, 0) is 30.5 Å². The van der Waals surface area contributed by atoms with Gasteiger partial charge in [-0.3, -0.25) is 9.90 Å². The van der Waals surface area contributed by atoms with Crippen LogP contribution < -0.4 is 5.56 Å². The van der Waals surface area contributed by atoms with E-state index in [0.717, 1.165) is 0 Å². The van der Waals surface area contributed by atoms with Crippen molar-refractivity contribution in [2.75, 3.05) is 6.26 Å². The maximum absolute atomic E-state index is 13.2. The SMILES string of the molecule is CSc1ncc2c(=O)n3c(nc2n1)c1ccc([O])cc1n3-c1ccccn1. The lowest BCUT2D eigenvalue weighted by Gasteiger charge is -2.07. The molecule has 0 bridgehead atoms. The molecule has 0 saturated heterocycles. The largest absolute Gasteiger partial charge is 0.290 e. The van der Waals surface area contributed by atoms with Crippen molar-refractivity contribution in [2.45, 2.75) is 5.16 Å². The summed E-state index contributed by atoms with van der Waals surface area (Å²) in [4.78, 5) is 30.7. The molecule has 27 heavy (non-hydrogen) atoms. The summed E-state index contributed by atoms with van der Waals surface area (Å²) in [6, 6.07) is 9.96. The Bertz CT molecular complexity index is 1390. The van der Waals surface area contributed by atoms with Crippen molar-refractivity contribution in [1.29, 1.82) is 0 Å². The first-order valence-corrected chi connectivity index (χ1v) is 9.26. The third-order valence-corrected chi connectivity index (χ3v) is 4.83. The van der Waals surface area contributed by atoms with Crippen LogP contribution in [0.15, 0.2) is 58.7 Å². The molecular weight excluding hydrogens is 364 g/mol. The number of benzene rings is 1. The van der Waals surface area contributed by atoms with Crippen LogP contribution in [-0.2, 0) is 5.11 Å². The molecule has 0 N–H and O–H groups in total. The molecule has 5 aromatic rings. The molecule has 0 aliphatic carbocycles. The lowest BCUT2D eigenvalue weighted by molar-refractivity contribution is 0.355. The van der Waals surface area contributed by atoms with Crippen molar-refractivity contribution in [3.63, 3.8) is 0 Å². The van der Waals surface area contributed by atoms with Crippen LogP contribution in [0, 0.1) is 0 Å². The summed E-state index contributed by atoms with van der Waals surface area (Å²) < 4.78 is 3.01. The van der Waals surface area contributed by atoms with Crippen molar-refractivity contribution in [1.82, 2.24) is 29.1 Å². The van der Waals surface area contributed by atoms with E-state index in [-0.39, 0.29) is 11.3 Å². The van der Waals surface area contributed by atoms with E-state index in [1.54, 1.807) is 29.1 Å². The number of thioether (sulfide) groups is 1. The van der Waals surface area contributed by atoms with Crippen LogP contribution in [0.5, 0.6) is 5.75 Å². The smallest absolute Gasteiger partial charge is 0.284 e. The summed E-state index contributed by atoms with van der Waals surface area (Å²) in [5, 5.41) is 13.5. The molecular formula is C18H11N6O2S. The van der Waals surface area contributed by atoms with E-state index in [4.69, 9.17) is 0 Å². The third-order valence-electron chi connectivity index (χ3n) is 4.27. The minimum Gasteiger partial charge on any atom is -0.290 e.